The molecular formula is C13H21F3N2S. The van der Waals surface area contributed by atoms with Gasteiger partial charge in [0.2, 0.25) is 0 Å². The van der Waals surface area contributed by atoms with Crippen molar-refractivity contribution in [2.75, 3.05) is 19.6 Å². The van der Waals surface area contributed by atoms with Crippen LogP contribution in [0.4, 0.5) is 13.2 Å². The molecule has 0 aliphatic carbocycles. The molecule has 1 N–H and O–H groups in total. The van der Waals surface area contributed by atoms with Crippen LogP contribution in [0, 0.1) is 0 Å². The monoisotopic (exact) mass is 294 g/mol. The summed E-state index contributed by atoms with van der Waals surface area (Å²) < 4.78 is 37.4. The van der Waals surface area contributed by atoms with Crippen molar-refractivity contribution in [2.45, 2.75) is 39.0 Å². The van der Waals surface area contributed by atoms with E-state index >= 15 is 0 Å². The molecule has 0 bridgehead atoms. The van der Waals surface area contributed by atoms with Crippen LogP contribution in [-0.4, -0.2) is 36.8 Å². The summed E-state index contributed by atoms with van der Waals surface area (Å²) in [5.74, 6) is 0. The molecule has 0 spiro atoms. The zero-order chi connectivity index (χ0) is 14.3. The zero-order valence-corrected chi connectivity index (χ0v) is 12.2. The van der Waals surface area contributed by atoms with E-state index in [9.17, 15) is 13.2 Å². The molecule has 1 heterocycles. The summed E-state index contributed by atoms with van der Waals surface area (Å²) in [5.41, 5.74) is 0. The molecule has 110 valence electrons. The quantitative estimate of drug-likeness (QED) is 0.789. The second kappa shape index (κ2) is 7.87. The molecule has 0 aliphatic rings. The Morgan fingerprint density at radius 2 is 2.16 bits per heavy atom. The highest BCUT2D eigenvalue weighted by molar-refractivity contribution is 7.09. The van der Waals surface area contributed by atoms with Gasteiger partial charge in [-0.25, -0.2) is 0 Å². The Labute approximate surface area is 116 Å². The van der Waals surface area contributed by atoms with Gasteiger partial charge in [-0.2, -0.15) is 13.2 Å². The van der Waals surface area contributed by atoms with E-state index in [1.807, 2.05) is 31.4 Å². The third-order valence-electron chi connectivity index (χ3n) is 2.84. The summed E-state index contributed by atoms with van der Waals surface area (Å²) in [6, 6.07) is 3.86. The number of nitrogens with zero attached hydrogens (tertiary/aromatic N) is 1. The molecule has 0 aliphatic heterocycles. The second-order valence-corrected chi connectivity index (χ2v) is 5.68. The topological polar surface area (TPSA) is 15.3 Å². The lowest BCUT2D eigenvalue weighted by atomic mass is 10.2. The Morgan fingerprint density at radius 1 is 1.42 bits per heavy atom. The van der Waals surface area contributed by atoms with Crippen molar-refractivity contribution in [3.8, 4) is 0 Å². The highest BCUT2D eigenvalue weighted by Crippen LogP contribution is 2.18. The molecule has 1 aromatic heterocycles. The fourth-order valence-corrected chi connectivity index (χ4v) is 2.59. The maximum atomic E-state index is 12.5. The van der Waals surface area contributed by atoms with Crippen LogP contribution in [0.5, 0.6) is 0 Å². The fraction of sp³-hybridized carbons (Fsp3) is 0.692. The van der Waals surface area contributed by atoms with Crippen molar-refractivity contribution in [1.82, 2.24) is 10.2 Å². The Bertz CT molecular complexity index is 338. The van der Waals surface area contributed by atoms with E-state index in [1.165, 1.54) is 9.78 Å². The zero-order valence-electron chi connectivity index (χ0n) is 11.3. The van der Waals surface area contributed by atoms with Crippen LogP contribution in [0.2, 0.25) is 0 Å². The minimum absolute atomic E-state index is 0.124. The van der Waals surface area contributed by atoms with E-state index in [0.29, 0.717) is 19.6 Å². The average molecular weight is 294 g/mol. The van der Waals surface area contributed by atoms with Crippen molar-refractivity contribution in [3.05, 3.63) is 22.4 Å². The van der Waals surface area contributed by atoms with Gasteiger partial charge < -0.3 is 5.32 Å². The van der Waals surface area contributed by atoms with Crippen LogP contribution < -0.4 is 5.32 Å². The largest absolute Gasteiger partial charge is 0.401 e. The van der Waals surface area contributed by atoms with Crippen LogP contribution >= 0.6 is 11.3 Å². The van der Waals surface area contributed by atoms with Crippen LogP contribution in [0.1, 0.15) is 25.1 Å². The first-order chi connectivity index (χ1) is 8.92. The molecule has 0 saturated carbocycles. The van der Waals surface area contributed by atoms with Gasteiger partial charge >= 0.3 is 6.18 Å². The van der Waals surface area contributed by atoms with Crippen molar-refractivity contribution in [2.24, 2.45) is 0 Å². The van der Waals surface area contributed by atoms with Gasteiger partial charge in [0.25, 0.3) is 0 Å². The number of rotatable bonds is 8. The molecule has 1 atom stereocenters. The SMILES string of the molecule is CCCN(CC(F)(F)F)C(C)CNCc1cccs1. The standard InChI is InChI=1S/C13H21F3N2S/c1-3-6-18(10-13(14,15)16)11(2)8-17-9-12-5-4-7-19-12/h4-5,7,11,17H,3,6,8-10H2,1-2H3. The van der Waals surface area contributed by atoms with Crippen LogP contribution in [0.15, 0.2) is 17.5 Å². The van der Waals surface area contributed by atoms with Crippen LogP contribution in [0.3, 0.4) is 0 Å². The number of hydrogen-bond donors (Lipinski definition) is 1. The van der Waals surface area contributed by atoms with E-state index in [2.05, 4.69) is 5.32 Å². The molecule has 1 aromatic rings. The van der Waals surface area contributed by atoms with Gasteiger partial charge in [0.1, 0.15) is 0 Å². The molecule has 1 unspecified atom stereocenters. The van der Waals surface area contributed by atoms with Crippen molar-refractivity contribution < 1.29 is 13.2 Å². The molecule has 0 fully saturated rings. The molecule has 6 heteroatoms. The Morgan fingerprint density at radius 3 is 2.68 bits per heavy atom. The average Bonchev–Trinajstić information content (AvgIpc) is 2.79. The molecule has 0 saturated heterocycles. The number of hydrogen-bond acceptors (Lipinski definition) is 3. The summed E-state index contributed by atoms with van der Waals surface area (Å²) >= 11 is 1.65. The number of thiophene rings is 1. The number of alkyl halides is 3. The summed E-state index contributed by atoms with van der Waals surface area (Å²) in [6.07, 6.45) is -3.40. The summed E-state index contributed by atoms with van der Waals surface area (Å²) in [6.45, 7) is 4.66. The molecule has 0 amide bonds. The van der Waals surface area contributed by atoms with Gasteiger partial charge in [0, 0.05) is 24.0 Å². The maximum absolute atomic E-state index is 12.5. The summed E-state index contributed by atoms with van der Waals surface area (Å²) in [4.78, 5) is 2.69. The third kappa shape index (κ3) is 6.94. The lowest BCUT2D eigenvalue weighted by molar-refractivity contribution is -0.150. The van der Waals surface area contributed by atoms with E-state index in [4.69, 9.17) is 0 Å². The molecule has 2 nitrogen and oxygen atoms in total. The number of nitrogens with one attached hydrogen (secondary N) is 1. The first kappa shape index (κ1) is 16.5. The lowest BCUT2D eigenvalue weighted by Gasteiger charge is -2.29. The van der Waals surface area contributed by atoms with Gasteiger partial charge in [-0.05, 0) is 31.3 Å². The smallest absolute Gasteiger partial charge is 0.310 e. The van der Waals surface area contributed by atoms with Gasteiger partial charge in [-0.3, -0.25) is 4.90 Å². The van der Waals surface area contributed by atoms with Gasteiger partial charge in [-0.1, -0.05) is 13.0 Å². The van der Waals surface area contributed by atoms with Crippen molar-refractivity contribution in [3.63, 3.8) is 0 Å². The number of halogens is 3. The Balaban J connectivity index is 2.36. The fourth-order valence-electron chi connectivity index (χ4n) is 1.92. The minimum atomic E-state index is -4.13. The normalized spacial score (nSPS) is 14.0. The minimum Gasteiger partial charge on any atom is -0.310 e. The predicted octanol–water partition coefficient (Wildman–Crippen LogP) is 3.50. The Kier molecular flexibility index (Phi) is 6.82. The lowest BCUT2D eigenvalue weighted by Crippen LogP contribution is -2.45. The summed E-state index contributed by atoms with van der Waals surface area (Å²) in [7, 11) is 0. The summed E-state index contributed by atoms with van der Waals surface area (Å²) in [5, 5.41) is 5.21. The first-order valence-electron chi connectivity index (χ1n) is 6.46. The van der Waals surface area contributed by atoms with E-state index in [1.54, 1.807) is 11.3 Å². The Hall–Kier alpha value is -0.590. The highest BCUT2D eigenvalue weighted by Gasteiger charge is 2.32. The van der Waals surface area contributed by atoms with Gasteiger partial charge in [0.15, 0.2) is 0 Å². The first-order valence-corrected chi connectivity index (χ1v) is 7.34. The van der Waals surface area contributed by atoms with Gasteiger partial charge in [0.05, 0.1) is 6.54 Å². The van der Waals surface area contributed by atoms with E-state index in [-0.39, 0.29) is 6.04 Å². The van der Waals surface area contributed by atoms with Crippen LogP contribution in [-0.2, 0) is 6.54 Å². The van der Waals surface area contributed by atoms with Gasteiger partial charge in [-0.15, -0.1) is 11.3 Å². The van der Waals surface area contributed by atoms with E-state index in [0.717, 1.165) is 6.42 Å². The molecular weight excluding hydrogens is 273 g/mol. The second-order valence-electron chi connectivity index (χ2n) is 4.64. The molecule has 0 aromatic carbocycles. The van der Waals surface area contributed by atoms with E-state index < -0.39 is 12.7 Å². The maximum Gasteiger partial charge on any atom is 0.401 e. The molecule has 0 radical (unpaired) electrons. The predicted molar refractivity (Wildman–Crippen MR) is 73.4 cm³/mol. The van der Waals surface area contributed by atoms with Crippen molar-refractivity contribution in [1.29, 1.82) is 0 Å². The highest BCUT2D eigenvalue weighted by atomic mass is 32.1. The molecule has 1 rings (SSSR count). The molecule has 19 heavy (non-hydrogen) atoms. The van der Waals surface area contributed by atoms with Crippen LogP contribution in [0.25, 0.3) is 0 Å². The van der Waals surface area contributed by atoms with Crippen molar-refractivity contribution >= 4 is 11.3 Å². The third-order valence-corrected chi connectivity index (χ3v) is 3.71.